The molecule has 11 heteroatoms. The van der Waals surface area contributed by atoms with Gasteiger partial charge in [-0.2, -0.15) is 0 Å². The third-order valence-corrected chi connectivity index (χ3v) is 4.02. The van der Waals surface area contributed by atoms with Crippen LogP contribution in [0.3, 0.4) is 0 Å². The van der Waals surface area contributed by atoms with Crippen LogP contribution in [0.5, 0.6) is 5.75 Å². The lowest BCUT2D eigenvalue weighted by atomic mass is 10.00. The molecule has 3 aromatic rings. The van der Waals surface area contributed by atoms with Gasteiger partial charge < -0.3 is 15.0 Å². The van der Waals surface area contributed by atoms with Crippen LogP contribution in [0.25, 0.3) is 22.4 Å². The number of aromatic nitrogens is 2. The maximum Gasteiger partial charge on any atom is 0.573 e. The van der Waals surface area contributed by atoms with Crippen molar-refractivity contribution in [3.8, 4) is 28.1 Å². The van der Waals surface area contributed by atoms with Gasteiger partial charge in [0.2, 0.25) is 0 Å². The van der Waals surface area contributed by atoms with Crippen LogP contribution in [0, 0.1) is 11.6 Å². The topological polar surface area (TPSA) is 87.2 Å². The van der Waals surface area contributed by atoms with E-state index in [-0.39, 0.29) is 17.0 Å². The second kappa shape index (κ2) is 7.58. The number of aryl methyl sites for hydroxylation is 1. The number of rotatable bonds is 4. The summed E-state index contributed by atoms with van der Waals surface area (Å²) in [5.74, 6) is -3.71. The molecular weight excluding hydrogens is 413 g/mol. The second-order valence-corrected chi connectivity index (χ2v) is 6.14. The molecule has 0 spiro atoms. The predicted octanol–water partition coefficient (Wildman–Crippen LogP) is 3.39. The number of nitrogens with two attached hydrogens (primary N) is 1. The first-order valence-corrected chi connectivity index (χ1v) is 8.19. The Morgan fingerprint density at radius 2 is 1.80 bits per heavy atom. The van der Waals surface area contributed by atoms with Gasteiger partial charge in [-0.3, -0.25) is 9.59 Å². The number of primary amides is 1. The number of hydrogen-bond donors (Lipinski definition) is 1. The summed E-state index contributed by atoms with van der Waals surface area (Å²) in [6, 6.07) is 5.09. The van der Waals surface area contributed by atoms with Crippen molar-refractivity contribution in [2.45, 2.75) is 6.36 Å². The van der Waals surface area contributed by atoms with E-state index in [0.29, 0.717) is 12.1 Å². The Bertz CT molecular complexity index is 1200. The molecule has 0 atom stereocenters. The molecule has 0 bridgehead atoms. The molecule has 0 aliphatic rings. The van der Waals surface area contributed by atoms with Crippen molar-refractivity contribution in [1.29, 1.82) is 0 Å². The number of carbonyl (C=O) groups excluding carboxylic acids is 1. The van der Waals surface area contributed by atoms with E-state index in [1.807, 2.05) is 0 Å². The molecule has 0 saturated carbocycles. The number of benzene rings is 2. The Morgan fingerprint density at radius 1 is 1.10 bits per heavy atom. The highest BCUT2D eigenvalue weighted by Crippen LogP contribution is 2.37. The van der Waals surface area contributed by atoms with Gasteiger partial charge >= 0.3 is 6.36 Å². The number of ether oxygens (including phenoxy) is 1. The van der Waals surface area contributed by atoms with Crippen LogP contribution in [0.4, 0.5) is 22.0 Å². The van der Waals surface area contributed by atoms with Crippen LogP contribution in [-0.4, -0.2) is 21.8 Å². The van der Waals surface area contributed by atoms with Crippen molar-refractivity contribution in [2.24, 2.45) is 12.8 Å². The van der Waals surface area contributed by atoms with E-state index in [1.54, 1.807) is 0 Å². The van der Waals surface area contributed by atoms with E-state index in [9.17, 15) is 31.5 Å². The highest BCUT2D eigenvalue weighted by molar-refractivity contribution is 5.91. The smallest absolute Gasteiger partial charge is 0.405 e. The maximum atomic E-state index is 14.5. The van der Waals surface area contributed by atoms with Gasteiger partial charge in [0.05, 0.1) is 0 Å². The molecule has 0 aliphatic heterocycles. The van der Waals surface area contributed by atoms with Crippen LogP contribution in [0.15, 0.2) is 47.4 Å². The summed E-state index contributed by atoms with van der Waals surface area (Å²) in [4.78, 5) is 27.7. The standard InChI is InChI=1S/C19H12F5N3O3/c1-27-8-14(17(25)28)26-16(18(27)29)9-2-4-13(21)11(6-9)12-7-10(20)3-5-15(12)30-19(22,23)24/h2-8H,1H3,(H2,25,28). The quantitative estimate of drug-likeness (QED) is 0.650. The molecule has 0 unspecified atom stereocenters. The van der Waals surface area contributed by atoms with E-state index in [1.165, 1.54) is 7.05 Å². The molecule has 0 fully saturated rings. The first-order chi connectivity index (χ1) is 14.0. The molecule has 1 aromatic heterocycles. The zero-order chi connectivity index (χ0) is 22.2. The van der Waals surface area contributed by atoms with Gasteiger partial charge in [0, 0.05) is 29.9 Å². The number of alkyl halides is 3. The fourth-order valence-electron chi connectivity index (χ4n) is 2.72. The first-order valence-electron chi connectivity index (χ1n) is 8.19. The average molecular weight is 425 g/mol. The van der Waals surface area contributed by atoms with Crippen molar-refractivity contribution >= 4 is 5.91 Å². The first kappa shape index (κ1) is 21.0. The van der Waals surface area contributed by atoms with Gasteiger partial charge in [-0.05, 0) is 36.4 Å². The number of nitrogens with zero attached hydrogens (tertiary/aromatic N) is 2. The van der Waals surface area contributed by atoms with Gasteiger partial charge in [-0.1, -0.05) is 0 Å². The number of carbonyl (C=O) groups is 1. The van der Waals surface area contributed by atoms with E-state index >= 15 is 0 Å². The fraction of sp³-hybridized carbons (Fsp3) is 0.105. The molecule has 30 heavy (non-hydrogen) atoms. The highest BCUT2D eigenvalue weighted by atomic mass is 19.4. The average Bonchev–Trinajstić information content (AvgIpc) is 2.65. The lowest BCUT2D eigenvalue weighted by Gasteiger charge is -2.15. The summed E-state index contributed by atoms with van der Waals surface area (Å²) in [7, 11) is 1.33. The molecule has 0 aliphatic carbocycles. The van der Waals surface area contributed by atoms with Crippen LogP contribution in [-0.2, 0) is 7.05 Å². The largest absolute Gasteiger partial charge is 0.573 e. The van der Waals surface area contributed by atoms with Crippen molar-refractivity contribution in [3.63, 3.8) is 0 Å². The number of halogens is 5. The molecule has 2 N–H and O–H groups in total. The minimum Gasteiger partial charge on any atom is -0.405 e. The Morgan fingerprint density at radius 3 is 2.43 bits per heavy atom. The lowest BCUT2D eigenvalue weighted by Crippen LogP contribution is -2.25. The molecule has 0 saturated heterocycles. The Balaban J connectivity index is 2.23. The van der Waals surface area contributed by atoms with Crippen molar-refractivity contribution in [3.05, 3.63) is 70.3 Å². The molecule has 3 rings (SSSR count). The zero-order valence-corrected chi connectivity index (χ0v) is 15.1. The Hall–Kier alpha value is -3.76. The second-order valence-electron chi connectivity index (χ2n) is 6.14. The molecule has 2 aromatic carbocycles. The van der Waals surface area contributed by atoms with Crippen LogP contribution >= 0.6 is 0 Å². The summed E-state index contributed by atoms with van der Waals surface area (Å²) in [6.45, 7) is 0. The van der Waals surface area contributed by atoms with Crippen molar-refractivity contribution in [2.75, 3.05) is 0 Å². The van der Waals surface area contributed by atoms with Gasteiger partial charge in [-0.25, -0.2) is 13.8 Å². The summed E-state index contributed by atoms with van der Waals surface area (Å²) >= 11 is 0. The summed E-state index contributed by atoms with van der Waals surface area (Å²) in [5, 5.41) is 0. The molecular formula is C19H12F5N3O3. The monoisotopic (exact) mass is 425 g/mol. The molecule has 1 heterocycles. The summed E-state index contributed by atoms with van der Waals surface area (Å²) in [6.07, 6.45) is -4.01. The van der Waals surface area contributed by atoms with E-state index in [4.69, 9.17) is 5.73 Å². The third-order valence-electron chi connectivity index (χ3n) is 4.02. The third kappa shape index (κ3) is 4.29. The van der Waals surface area contributed by atoms with Gasteiger partial charge in [0.1, 0.15) is 28.8 Å². The highest BCUT2D eigenvalue weighted by Gasteiger charge is 2.32. The molecule has 1 amide bonds. The lowest BCUT2D eigenvalue weighted by molar-refractivity contribution is -0.274. The maximum absolute atomic E-state index is 14.5. The molecule has 6 nitrogen and oxygen atoms in total. The normalized spacial score (nSPS) is 11.4. The van der Waals surface area contributed by atoms with E-state index < -0.39 is 46.3 Å². The minimum atomic E-state index is -5.10. The van der Waals surface area contributed by atoms with Crippen molar-refractivity contribution in [1.82, 2.24) is 9.55 Å². The van der Waals surface area contributed by atoms with Gasteiger partial charge in [0.15, 0.2) is 0 Å². The summed E-state index contributed by atoms with van der Waals surface area (Å²) < 4.78 is 71.1. The van der Waals surface area contributed by atoms with Gasteiger partial charge in [-0.15, -0.1) is 13.2 Å². The fourth-order valence-corrected chi connectivity index (χ4v) is 2.72. The SMILES string of the molecule is Cn1cc(C(N)=O)nc(-c2ccc(F)c(-c3cc(F)ccc3OC(F)(F)F)c2)c1=O. The van der Waals surface area contributed by atoms with E-state index in [2.05, 4.69) is 9.72 Å². The molecule has 0 radical (unpaired) electrons. The van der Waals surface area contributed by atoms with Crippen LogP contribution < -0.4 is 16.0 Å². The summed E-state index contributed by atoms with van der Waals surface area (Å²) in [5.41, 5.74) is 2.90. The molecule has 156 valence electrons. The van der Waals surface area contributed by atoms with Crippen LogP contribution in [0.2, 0.25) is 0 Å². The number of amides is 1. The Labute approximate surface area is 165 Å². The zero-order valence-electron chi connectivity index (χ0n) is 15.1. The van der Waals surface area contributed by atoms with Crippen LogP contribution in [0.1, 0.15) is 10.5 Å². The Kier molecular flexibility index (Phi) is 5.29. The minimum absolute atomic E-state index is 0.0303. The van der Waals surface area contributed by atoms with Gasteiger partial charge in [0.25, 0.3) is 11.5 Å². The van der Waals surface area contributed by atoms with Crippen molar-refractivity contribution < 1.29 is 31.5 Å². The van der Waals surface area contributed by atoms with E-state index in [0.717, 1.165) is 35.0 Å². The number of hydrogen-bond acceptors (Lipinski definition) is 4. The predicted molar refractivity (Wildman–Crippen MR) is 95.5 cm³/mol.